The Hall–Kier alpha value is -10.4. The summed E-state index contributed by atoms with van der Waals surface area (Å²) in [5.74, 6) is -3.96. The van der Waals surface area contributed by atoms with Crippen LogP contribution in [0, 0.1) is 76.5 Å². The molecule has 25 nitrogen and oxygen atoms in total. The largest absolute Gasteiger partial charge is 0.481 e. The molecular weight excluding hydrogens is 1510 g/mol. The van der Waals surface area contributed by atoms with Crippen molar-refractivity contribution in [3.8, 4) is 45.3 Å². The highest BCUT2D eigenvalue weighted by Gasteiger charge is 2.32. The Kier molecular flexibility index (Phi) is 42.1. The number of amides is 1. The maximum atomic E-state index is 13.1. The number of Topliss-reactive ketones (excluding diaryl/α,β-unsaturated/α-hetero) is 3. The van der Waals surface area contributed by atoms with E-state index in [0.29, 0.717) is 95.2 Å². The number of nitrogens with one attached hydrogen (secondary N) is 1. The average molecular weight is 1620 g/mol. The molecule has 4 aromatic heterocycles. The number of hydrogen-bond acceptors (Lipinski definition) is 22. The SMILES string of the molecule is CC(C)C[C@@H](CO)NC(=O)[C@@H](CC(=O)c1cc(-c2ccc(F)cc2)on1)CC(C)C.CC(C)C[C@H](CC(=O)c1cc(-c2ccc(F)cc2)on1)C(=O)O.CC(C)C[C@H](CC(=O)c1cc(-c2ccc(F)cc2)on1)C(=O)OC(C)(C)C.CC(C)C[C@H](N)C(=O)OC(C)(C)C.CC(C)C[C@H](N)CO.O=C(O)c1cc(-c2ccc(F)cc2)on1. The van der Waals surface area contributed by atoms with Gasteiger partial charge in [0.15, 0.2) is 46.1 Å². The molecule has 0 saturated heterocycles. The van der Waals surface area contributed by atoms with Gasteiger partial charge in [-0.05, 0) is 213 Å². The number of nitrogens with zero attached hydrogens (tertiary/aromatic N) is 4. The molecule has 0 aliphatic heterocycles. The molecule has 0 saturated carbocycles. The Labute approximate surface area is 676 Å². The summed E-state index contributed by atoms with van der Waals surface area (Å²) >= 11 is 0. The average Bonchev–Trinajstić information content (AvgIpc) is 1.71. The van der Waals surface area contributed by atoms with E-state index in [1.807, 2.05) is 90.0 Å². The molecule has 29 heteroatoms. The van der Waals surface area contributed by atoms with Crippen LogP contribution in [0.25, 0.3) is 45.3 Å². The number of ketones is 3. The van der Waals surface area contributed by atoms with E-state index in [2.05, 4.69) is 39.8 Å². The minimum atomic E-state index is -1.16. The van der Waals surface area contributed by atoms with Crippen LogP contribution >= 0.6 is 0 Å². The molecule has 8 rings (SSSR count). The molecule has 116 heavy (non-hydrogen) atoms. The molecule has 4 heterocycles. The fraction of sp³-hybridized carbons (Fsp3) is 0.494. The fourth-order valence-electron chi connectivity index (χ4n) is 11.2. The lowest BCUT2D eigenvalue weighted by molar-refractivity contribution is -0.160. The van der Waals surface area contributed by atoms with Crippen LogP contribution in [0.1, 0.15) is 224 Å². The summed E-state index contributed by atoms with van der Waals surface area (Å²) in [6.07, 6.45) is 3.64. The van der Waals surface area contributed by atoms with Crippen LogP contribution < -0.4 is 16.8 Å². The van der Waals surface area contributed by atoms with Crippen LogP contribution in [0.15, 0.2) is 139 Å². The van der Waals surface area contributed by atoms with Gasteiger partial charge in [0.2, 0.25) is 5.91 Å². The number of aromatic nitrogens is 4. The van der Waals surface area contributed by atoms with E-state index in [4.69, 9.17) is 49.2 Å². The number of esters is 2. The Morgan fingerprint density at radius 1 is 0.397 bits per heavy atom. The number of hydrogen-bond donors (Lipinski definition) is 7. The third kappa shape index (κ3) is 38.9. The summed E-state index contributed by atoms with van der Waals surface area (Å²) in [4.78, 5) is 95.9. The van der Waals surface area contributed by atoms with Crippen molar-refractivity contribution in [3.63, 3.8) is 0 Å². The molecule has 0 fully saturated rings. The van der Waals surface area contributed by atoms with Crippen molar-refractivity contribution >= 4 is 47.1 Å². The standard InChI is InChI=1S/C23H31FN2O4.C21H26FNO4.C17H18FNO4.C10H6FNO3.C10H21NO2.C6H15NO/c1-14(2)9-17(23(29)25-19(13-27)10-15(3)4)11-21(28)20-12-22(30-26-20)16-5-7-18(24)8-6-16;1-13(2)10-15(20(25)26-21(3,4)5)11-18(24)17-12-19(27-23-17)14-6-8-16(22)9-7-14;1-10(2)7-12(17(21)22)8-15(20)14-9-16(23-19-14)11-3-5-13(18)6-4-11;11-7-3-1-6(2-4-7)9-5-8(10(13)14)12-15-9;1-7(2)6-8(11)9(12)13-10(3,4)5;1-5(2)3-6(7)4-8/h5-8,12,14-15,17,19,27H,9-11,13H2,1-4H3,(H,25,29);6-9,12-13,15H,10-11H2,1-5H3;3-6,9-10,12H,7-8H2,1-2H3,(H,21,22);1-5H,(H,13,14);7-8H,6,11H2,1-5H3;5-6,8H,3-4,7H2,1-2H3/t17-,19+;15-;12-;;8-;6-/m111.00/s1. The van der Waals surface area contributed by atoms with Crippen LogP contribution in [0.3, 0.4) is 0 Å². The number of carboxylic acids is 2. The van der Waals surface area contributed by atoms with E-state index in [9.17, 15) is 66.1 Å². The van der Waals surface area contributed by atoms with E-state index in [1.54, 1.807) is 45.0 Å². The molecule has 0 unspecified atom stereocenters. The number of aromatic carboxylic acids is 1. The van der Waals surface area contributed by atoms with E-state index < -0.39 is 46.9 Å². The second-order valence-corrected chi connectivity index (χ2v) is 32.7. The van der Waals surface area contributed by atoms with Crippen molar-refractivity contribution in [1.82, 2.24) is 25.9 Å². The zero-order chi connectivity index (χ0) is 87.5. The van der Waals surface area contributed by atoms with Crippen molar-refractivity contribution in [3.05, 3.63) is 167 Å². The number of benzene rings is 4. The smallest absolute Gasteiger partial charge is 0.358 e. The van der Waals surface area contributed by atoms with Gasteiger partial charge in [0.05, 0.1) is 31.1 Å². The van der Waals surface area contributed by atoms with Crippen LogP contribution in [0.2, 0.25) is 0 Å². The van der Waals surface area contributed by atoms with Crippen LogP contribution in [0.4, 0.5) is 17.6 Å². The predicted octanol–water partition coefficient (Wildman–Crippen LogP) is 17.3. The van der Waals surface area contributed by atoms with Gasteiger partial charge in [-0.1, -0.05) is 104 Å². The number of rotatable bonds is 33. The van der Waals surface area contributed by atoms with Gasteiger partial charge >= 0.3 is 23.9 Å². The van der Waals surface area contributed by atoms with Crippen LogP contribution in [-0.2, 0) is 28.7 Å². The molecule has 0 aliphatic carbocycles. The first kappa shape index (κ1) is 99.8. The monoisotopic (exact) mass is 1620 g/mol. The summed E-state index contributed by atoms with van der Waals surface area (Å²) in [7, 11) is 0. The van der Waals surface area contributed by atoms with E-state index in [1.165, 1.54) is 97.1 Å². The highest BCUT2D eigenvalue weighted by atomic mass is 19.1. The normalized spacial score (nSPS) is 12.9. The first-order valence-corrected chi connectivity index (χ1v) is 38.6. The van der Waals surface area contributed by atoms with Crippen molar-refractivity contribution in [2.45, 2.75) is 212 Å². The third-order valence-electron chi connectivity index (χ3n) is 16.4. The number of aliphatic carboxylic acids is 1. The Morgan fingerprint density at radius 2 is 0.681 bits per heavy atom. The minimum Gasteiger partial charge on any atom is -0.481 e. The van der Waals surface area contributed by atoms with Crippen molar-refractivity contribution in [2.24, 2.45) is 64.7 Å². The first-order chi connectivity index (χ1) is 54.1. The van der Waals surface area contributed by atoms with Crippen molar-refractivity contribution < 1.29 is 104 Å². The highest BCUT2D eigenvalue weighted by Crippen LogP contribution is 2.30. The summed E-state index contributed by atoms with van der Waals surface area (Å²) in [6.45, 7) is 34.9. The number of halogens is 4. The maximum Gasteiger partial charge on any atom is 0.358 e. The van der Waals surface area contributed by atoms with Crippen LogP contribution in [-0.4, -0.2) is 131 Å². The Bertz CT molecular complexity index is 4310. The second-order valence-electron chi connectivity index (χ2n) is 32.7. The van der Waals surface area contributed by atoms with Gasteiger partial charge in [-0.15, -0.1) is 0 Å². The topological polar surface area (TPSA) is 404 Å². The molecule has 6 atom stereocenters. The van der Waals surface area contributed by atoms with Gasteiger partial charge in [0.25, 0.3) is 0 Å². The summed E-state index contributed by atoms with van der Waals surface area (Å²) < 4.78 is 82.5. The Morgan fingerprint density at radius 3 is 0.957 bits per heavy atom. The van der Waals surface area contributed by atoms with Gasteiger partial charge < -0.3 is 64.8 Å². The second kappa shape index (κ2) is 48.9. The third-order valence-corrected chi connectivity index (χ3v) is 16.4. The summed E-state index contributed by atoms with van der Waals surface area (Å²) in [5.41, 5.74) is 12.6. The number of aliphatic hydroxyl groups is 2. The van der Waals surface area contributed by atoms with Gasteiger partial charge in [0.1, 0.15) is 57.6 Å². The number of aliphatic hydroxyl groups excluding tert-OH is 2. The molecule has 0 radical (unpaired) electrons. The molecular formula is C87H117F4N7O18. The quantitative estimate of drug-likeness (QED) is 0.0114. The molecule has 4 aromatic carbocycles. The molecule has 1 amide bonds. The van der Waals surface area contributed by atoms with Gasteiger partial charge in [0, 0.05) is 77.7 Å². The van der Waals surface area contributed by atoms with E-state index in [0.717, 1.165) is 6.42 Å². The number of ether oxygens (including phenoxy) is 2. The fourth-order valence-corrected chi connectivity index (χ4v) is 11.2. The van der Waals surface area contributed by atoms with E-state index >= 15 is 0 Å². The number of carboxylic acid groups (broad SMARTS) is 2. The van der Waals surface area contributed by atoms with Gasteiger partial charge in [-0.25, -0.2) is 22.4 Å². The molecule has 0 aliphatic rings. The zero-order valence-electron chi connectivity index (χ0n) is 69.7. The summed E-state index contributed by atoms with van der Waals surface area (Å²) in [5, 5.41) is 53.4. The molecule has 0 bridgehead atoms. The lowest BCUT2D eigenvalue weighted by Crippen LogP contribution is -2.42. The predicted molar refractivity (Wildman–Crippen MR) is 430 cm³/mol. The van der Waals surface area contributed by atoms with E-state index in [-0.39, 0.29) is 144 Å². The summed E-state index contributed by atoms with van der Waals surface area (Å²) in [6, 6.07) is 27.4. The molecule has 8 aromatic rings. The number of nitrogens with two attached hydrogens (primary N) is 2. The lowest BCUT2D eigenvalue weighted by atomic mass is 9.90. The number of carbonyl (C=O) groups excluding carboxylic acids is 6. The number of carbonyl (C=O) groups is 8. The maximum absolute atomic E-state index is 13.1. The van der Waals surface area contributed by atoms with Crippen LogP contribution in [0.5, 0.6) is 0 Å². The molecule has 636 valence electrons. The van der Waals surface area contributed by atoms with Gasteiger partial charge in [-0.3, -0.25) is 33.6 Å². The van der Waals surface area contributed by atoms with Crippen molar-refractivity contribution in [1.29, 1.82) is 0 Å². The highest BCUT2D eigenvalue weighted by molar-refractivity contribution is 5.99. The Balaban J connectivity index is 0.000000375. The lowest BCUT2D eigenvalue weighted by Gasteiger charge is -2.24. The van der Waals surface area contributed by atoms with Crippen molar-refractivity contribution in [2.75, 3.05) is 13.2 Å². The minimum absolute atomic E-state index is 0.000762. The molecule has 0 spiro atoms. The molecule has 9 N–H and O–H groups in total. The van der Waals surface area contributed by atoms with Gasteiger partial charge in [-0.2, -0.15) is 0 Å². The zero-order valence-corrected chi connectivity index (χ0v) is 69.7. The first-order valence-electron chi connectivity index (χ1n) is 38.6.